The van der Waals surface area contributed by atoms with Crippen LogP contribution in [0.2, 0.25) is 0 Å². The molecule has 2 aromatic rings. The lowest BCUT2D eigenvalue weighted by Gasteiger charge is -2.10. The quantitative estimate of drug-likeness (QED) is 0.366. The molecule has 2 aromatic carbocycles. The summed E-state index contributed by atoms with van der Waals surface area (Å²) in [5.74, 6) is -1.55. The van der Waals surface area contributed by atoms with E-state index in [1.165, 1.54) is 18.2 Å². The van der Waals surface area contributed by atoms with E-state index in [1.54, 1.807) is 6.92 Å². The molecule has 0 heterocycles. The second-order valence-corrected chi connectivity index (χ2v) is 5.64. The van der Waals surface area contributed by atoms with E-state index in [-0.39, 0.29) is 28.4 Å². The molecule has 0 aromatic heterocycles. The van der Waals surface area contributed by atoms with Crippen molar-refractivity contribution in [1.29, 1.82) is 0 Å². The zero-order chi connectivity index (χ0) is 22.3. The van der Waals surface area contributed by atoms with Crippen LogP contribution in [0.15, 0.2) is 36.4 Å². The summed E-state index contributed by atoms with van der Waals surface area (Å²) in [6.45, 7) is 1.36. The second kappa shape index (κ2) is 9.82. The van der Waals surface area contributed by atoms with Gasteiger partial charge in [-0.15, -0.1) is 0 Å². The summed E-state index contributed by atoms with van der Waals surface area (Å²) < 4.78 is 14.9. The van der Waals surface area contributed by atoms with Crippen LogP contribution in [0.4, 0.5) is 17.1 Å². The van der Waals surface area contributed by atoms with Gasteiger partial charge in [-0.05, 0) is 31.2 Å². The van der Waals surface area contributed by atoms with E-state index in [4.69, 9.17) is 9.47 Å². The van der Waals surface area contributed by atoms with Crippen molar-refractivity contribution in [3.05, 3.63) is 62.2 Å². The predicted molar refractivity (Wildman–Crippen MR) is 103 cm³/mol. The van der Waals surface area contributed by atoms with Gasteiger partial charge >= 0.3 is 11.7 Å². The lowest BCUT2D eigenvalue weighted by Crippen LogP contribution is -2.21. The number of carbonyl (C=O) groups is 2. The van der Waals surface area contributed by atoms with Crippen molar-refractivity contribution in [2.75, 3.05) is 25.6 Å². The Hall–Kier alpha value is -4.22. The van der Waals surface area contributed by atoms with Crippen molar-refractivity contribution in [1.82, 2.24) is 0 Å². The topological polar surface area (TPSA) is 160 Å². The average Bonchev–Trinajstić information content (AvgIpc) is 2.72. The van der Waals surface area contributed by atoms with Crippen molar-refractivity contribution < 1.29 is 33.6 Å². The van der Waals surface area contributed by atoms with Gasteiger partial charge in [0.1, 0.15) is 11.4 Å². The van der Waals surface area contributed by atoms with Gasteiger partial charge in [0.15, 0.2) is 12.4 Å². The monoisotopic (exact) mass is 419 g/mol. The fraction of sp³-hybridized carbons (Fsp3) is 0.222. The Kier molecular flexibility index (Phi) is 7.22. The molecule has 0 aliphatic rings. The molecule has 0 spiro atoms. The first-order valence-electron chi connectivity index (χ1n) is 8.47. The van der Waals surface area contributed by atoms with Crippen molar-refractivity contribution in [3.8, 4) is 11.5 Å². The fourth-order valence-corrected chi connectivity index (χ4v) is 2.38. The fourth-order valence-electron chi connectivity index (χ4n) is 2.38. The number of methoxy groups -OCH3 is 1. The number of amides is 1. The van der Waals surface area contributed by atoms with Gasteiger partial charge in [0.05, 0.1) is 35.2 Å². The summed E-state index contributed by atoms with van der Waals surface area (Å²) in [6, 6.07) is 7.26. The SMILES string of the molecule is CCOc1ccc(NC(=O)COc2ccc(C(=O)OC)cc2[N+](=O)[O-])c([N+](=O)[O-])c1. The number of nitrogens with zero attached hydrogens (tertiary/aromatic N) is 2. The first kappa shape index (κ1) is 22.1. The number of nitro groups is 2. The highest BCUT2D eigenvalue weighted by Crippen LogP contribution is 2.30. The minimum Gasteiger partial charge on any atom is -0.494 e. The first-order chi connectivity index (χ1) is 14.3. The molecule has 0 radical (unpaired) electrons. The van der Waals surface area contributed by atoms with Crippen molar-refractivity contribution in [3.63, 3.8) is 0 Å². The highest BCUT2D eigenvalue weighted by molar-refractivity contribution is 5.94. The highest BCUT2D eigenvalue weighted by Gasteiger charge is 2.21. The summed E-state index contributed by atoms with van der Waals surface area (Å²) in [6.07, 6.45) is 0. The largest absolute Gasteiger partial charge is 0.494 e. The molecule has 1 amide bonds. The number of hydrogen-bond donors (Lipinski definition) is 1. The number of carbonyl (C=O) groups excluding carboxylic acids is 2. The Balaban J connectivity index is 2.14. The van der Waals surface area contributed by atoms with Crippen LogP contribution in [-0.2, 0) is 9.53 Å². The van der Waals surface area contributed by atoms with Gasteiger partial charge in [-0.2, -0.15) is 0 Å². The maximum absolute atomic E-state index is 12.1. The van der Waals surface area contributed by atoms with Gasteiger partial charge in [0.25, 0.3) is 11.6 Å². The van der Waals surface area contributed by atoms with E-state index in [2.05, 4.69) is 10.1 Å². The minimum absolute atomic E-state index is 0.0639. The Bertz CT molecular complexity index is 991. The van der Waals surface area contributed by atoms with Gasteiger partial charge in [-0.1, -0.05) is 0 Å². The Labute approximate surface area is 169 Å². The van der Waals surface area contributed by atoms with Crippen molar-refractivity contribution in [2.45, 2.75) is 6.92 Å². The van der Waals surface area contributed by atoms with Crippen LogP contribution in [0, 0.1) is 20.2 Å². The summed E-state index contributed by atoms with van der Waals surface area (Å²) in [7, 11) is 1.13. The van der Waals surface area contributed by atoms with E-state index in [0.29, 0.717) is 6.61 Å². The van der Waals surface area contributed by atoms with Crippen LogP contribution < -0.4 is 14.8 Å². The molecule has 0 aliphatic heterocycles. The van der Waals surface area contributed by atoms with Crippen LogP contribution in [0.25, 0.3) is 0 Å². The number of esters is 1. The molecule has 12 nitrogen and oxygen atoms in total. The molecule has 0 fully saturated rings. The Morgan fingerprint density at radius 2 is 1.70 bits per heavy atom. The Morgan fingerprint density at radius 3 is 2.30 bits per heavy atom. The van der Waals surface area contributed by atoms with Gasteiger partial charge in [0.2, 0.25) is 0 Å². The maximum atomic E-state index is 12.1. The zero-order valence-electron chi connectivity index (χ0n) is 15.9. The van der Waals surface area contributed by atoms with Crippen molar-refractivity contribution in [2.24, 2.45) is 0 Å². The molecular formula is C18H17N3O9. The number of nitro benzene ring substituents is 2. The molecule has 0 bridgehead atoms. The van der Waals surface area contributed by atoms with Gasteiger partial charge in [-0.3, -0.25) is 25.0 Å². The van der Waals surface area contributed by atoms with E-state index in [9.17, 15) is 29.8 Å². The maximum Gasteiger partial charge on any atom is 0.338 e. The number of nitrogens with one attached hydrogen (secondary N) is 1. The summed E-state index contributed by atoms with van der Waals surface area (Å²) >= 11 is 0. The lowest BCUT2D eigenvalue weighted by molar-refractivity contribution is -0.385. The summed E-state index contributed by atoms with van der Waals surface area (Å²) in [5, 5.41) is 24.8. The van der Waals surface area contributed by atoms with Crippen LogP contribution in [0.5, 0.6) is 11.5 Å². The minimum atomic E-state index is -0.784. The molecule has 0 saturated heterocycles. The third-order valence-corrected chi connectivity index (χ3v) is 3.69. The standard InChI is InChI=1S/C18H17N3O9/c1-3-29-12-5-6-13(14(9-12)20(24)25)19-17(22)10-30-16-7-4-11(18(23)28-2)8-15(16)21(26)27/h4-9H,3,10H2,1-2H3,(H,19,22). The lowest BCUT2D eigenvalue weighted by atomic mass is 10.2. The highest BCUT2D eigenvalue weighted by atomic mass is 16.6. The van der Waals surface area contributed by atoms with E-state index < -0.39 is 34.0 Å². The third-order valence-electron chi connectivity index (χ3n) is 3.69. The molecule has 158 valence electrons. The average molecular weight is 419 g/mol. The molecule has 0 unspecified atom stereocenters. The molecule has 30 heavy (non-hydrogen) atoms. The van der Waals surface area contributed by atoms with Crippen LogP contribution in [0.1, 0.15) is 17.3 Å². The number of benzene rings is 2. The van der Waals surface area contributed by atoms with Crippen molar-refractivity contribution >= 4 is 28.9 Å². The zero-order valence-corrected chi connectivity index (χ0v) is 15.9. The van der Waals surface area contributed by atoms with Crippen LogP contribution in [-0.4, -0.2) is 42.0 Å². The second-order valence-electron chi connectivity index (χ2n) is 5.64. The predicted octanol–water partition coefficient (Wildman–Crippen LogP) is 2.71. The first-order valence-corrected chi connectivity index (χ1v) is 8.47. The number of anilines is 1. The molecule has 0 aliphatic carbocycles. The number of rotatable bonds is 9. The Morgan fingerprint density at radius 1 is 1.00 bits per heavy atom. The molecule has 1 N–H and O–H groups in total. The summed E-state index contributed by atoms with van der Waals surface area (Å²) in [5.41, 5.74) is -1.08. The number of hydrogen-bond acceptors (Lipinski definition) is 9. The normalized spacial score (nSPS) is 10.1. The molecule has 12 heteroatoms. The van der Waals surface area contributed by atoms with E-state index in [1.807, 2.05) is 0 Å². The van der Waals surface area contributed by atoms with Gasteiger partial charge < -0.3 is 19.5 Å². The van der Waals surface area contributed by atoms with Gasteiger partial charge in [-0.25, -0.2) is 4.79 Å². The molecule has 0 atom stereocenters. The van der Waals surface area contributed by atoms with Crippen LogP contribution >= 0.6 is 0 Å². The van der Waals surface area contributed by atoms with E-state index >= 15 is 0 Å². The number of ether oxygens (including phenoxy) is 3. The molecule has 0 saturated carbocycles. The third kappa shape index (κ3) is 5.41. The van der Waals surface area contributed by atoms with Crippen LogP contribution in [0.3, 0.4) is 0 Å². The van der Waals surface area contributed by atoms with E-state index in [0.717, 1.165) is 25.3 Å². The molecule has 2 rings (SSSR count). The molecular weight excluding hydrogens is 402 g/mol. The van der Waals surface area contributed by atoms with Gasteiger partial charge in [0, 0.05) is 6.07 Å². The summed E-state index contributed by atoms with van der Waals surface area (Å²) in [4.78, 5) is 44.6. The smallest absolute Gasteiger partial charge is 0.338 e.